The molecule has 0 aliphatic carbocycles. The van der Waals surface area contributed by atoms with E-state index in [2.05, 4.69) is 5.32 Å². The van der Waals surface area contributed by atoms with Gasteiger partial charge in [0, 0.05) is 18.5 Å². The molecule has 0 aromatic heterocycles. The molecular weight excluding hydrogens is 449 g/mol. The Morgan fingerprint density at radius 3 is 2.18 bits per heavy atom. The molecule has 1 N–H and O–H groups in total. The molecule has 10 heteroatoms. The fourth-order valence-electron chi connectivity index (χ4n) is 3.16. The van der Waals surface area contributed by atoms with Crippen LogP contribution in [0.5, 0.6) is 5.75 Å². The second-order valence-electron chi connectivity index (χ2n) is 7.55. The fourth-order valence-corrected chi connectivity index (χ4v) is 4.78. The lowest BCUT2D eigenvalue weighted by molar-refractivity contribution is -0.159. The van der Waals surface area contributed by atoms with E-state index in [1.807, 2.05) is 26.0 Å². The number of benzene rings is 1. The highest BCUT2D eigenvalue weighted by molar-refractivity contribution is 7.55. The maximum Gasteiger partial charge on any atom is 0.342 e. The lowest BCUT2D eigenvalue weighted by Gasteiger charge is -2.23. The zero-order valence-electron chi connectivity index (χ0n) is 20.7. The van der Waals surface area contributed by atoms with Gasteiger partial charge in [-0.25, -0.2) is 4.79 Å². The minimum atomic E-state index is -3.58. The van der Waals surface area contributed by atoms with E-state index < -0.39 is 31.2 Å². The van der Waals surface area contributed by atoms with Gasteiger partial charge in [-0.05, 0) is 53.2 Å². The van der Waals surface area contributed by atoms with Gasteiger partial charge in [0.2, 0.25) is 5.91 Å². The van der Waals surface area contributed by atoms with E-state index in [0.717, 1.165) is 5.56 Å². The summed E-state index contributed by atoms with van der Waals surface area (Å²) in [5.74, 6) is -0.310. The third kappa shape index (κ3) is 9.08. The zero-order chi connectivity index (χ0) is 25.0. The van der Waals surface area contributed by atoms with Crippen LogP contribution in [0.4, 0.5) is 0 Å². The summed E-state index contributed by atoms with van der Waals surface area (Å²) in [5, 5.41) is 2.78. The molecular formula is C23H38NO8P. The second kappa shape index (κ2) is 14.4. The highest BCUT2D eigenvalue weighted by Crippen LogP contribution is 2.52. The van der Waals surface area contributed by atoms with E-state index >= 15 is 0 Å². The standard InChI is InChI=1S/C23H38NO8P/c1-8-29-23(26)21(32-16(4)5)14-18-11-12-20(28-7)19(13-18)15-24-22(25)17(6)33(27,30-9-2)31-10-3/h11-13,16-17,21H,8-10,14-15H2,1-7H3,(H,24,25). The van der Waals surface area contributed by atoms with Crippen LogP contribution in [0, 0.1) is 0 Å². The Morgan fingerprint density at radius 2 is 1.67 bits per heavy atom. The lowest BCUT2D eigenvalue weighted by atomic mass is 10.0. The third-order valence-corrected chi connectivity index (χ3v) is 7.10. The molecule has 0 spiro atoms. The molecule has 0 radical (unpaired) electrons. The molecule has 0 heterocycles. The van der Waals surface area contributed by atoms with Crippen LogP contribution in [0.2, 0.25) is 0 Å². The van der Waals surface area contributed by atoms with Gasteiger partial charge < -0.3 is 28.6 Å². The molecule has 0 bridgehead atoms. The number of esters is 1. The van der Waals surface area contributed by atoms with Crippen LogP contribution >= 0.6 is 7.60 Å². The van der Waals surface area contributed by atoms with Crippen molar-refractivity contribution in [1.29, 1.82) is 0 Å². The summed E-state index contributed by atoms with van der Waals surface area (Å²) in [6.45, 7) is 11.1. The van der Waals surface area contributed by atoms with E-state index in [4.69, 9.17) is 23.3 Å². The maximum atomic E-state index is 12.9. The van der Waals surface area contributed by atoms with Crippen molar-refractivity contribution in [3.8, 4) is 5.75 Å². The molecule has 0 aliphatic rings. The minimum absolute atomic E-state index is 0.132. The molecule has 1 rings (SSSR count). The Morgan fingerprint density at radius 1 is 1.03 bits per heavy atom. The van der Waals surface area contributed by atoms with Crippen molar-refractivity contribution in [2.24, 2.45) is 0 Å². The first-order valence-electron chi connectivity index (χ1n) is 11.3. The molecule has 0 aliphatic heterocycles. The van der Waals surface area contributed by atoms with Crippen molar-refractivity contribution in [1.82, 2.24) is 5.32 Å². The van der Waals surface area contributed by atoms with Gasteiger partial charge >= 0.3 is 13.6 Å². The van der Waals surface area contributed by atoms with Crippen LogP contribution in [0.15, 0.2) is 18.2 Å². The molecule has 1 aromatic carbocycles. The number of rotatable bonds is 15. The van der Waals surface area contributed by atoms with Gasteiger partial charge in [-0.15, -0.1) is 0 Å². The van der Waals surface area contributed by atoms with Gasteiger partial charge in [-0.3, -0.25) is 9.36 Å². The Hall–Kier alpha value is -1.93. The molecule has 1 amide bonds. The highest BCUT2D eigenvalue weighted by Gasteiger charge is 2.37. The molecule has 0 fully saturated rings. The highest BCUT2D eigenvalue weighted by atomic mass is 31.2. The number of hydrogen-bond acceptors (Lipinski definition) is 8. The molecule has 0 saturated heterocycles. The number of carbonyl (C=O) groups excluding carboxylic acids is 2. The molecule has 2 unspecified atom stereocenters. The molecule has 9 nitrogen and oxygen atoms in total. The molecule has 2 atom stereocenters. The summed E-state index contributed by atoms with van der Waals surface area (Å²) in [4.78, 5) is 25.0. The van der Waals surface area contributed by atoms with Crippen LogP contribution in [0.1, 0.15) is 52.7 Å². The Bertz CT molecular complexity index is 804. The predicted octanol–water partition coefficient (Wildman–Crippen LogP) is 3.87. The first-order valence-corrected chi connectivity index (χ1v) is 12.9. The smallest absolute Gasteiger partial charge is 0.342 e. The minimum Gasteiger partial charge on any atom is -0.496 e. The van der Waals surface area contributed by atoms with Crippen LogP contribution in [0.3, 0.4) is 0 Å². The monoisotopic (exact) mass is 487 g/mol. The van der Waals surface area contributed by atoms with Crippen LogP contribution in [-0.2, 0) is 45.6 Å². The van der Waals surface area contributed by atoms with E-state index in [-0.39, 0.29) is 32.5 Å². The number of amides is 1. The number of ether oxygens (including phenoxy) is 3. The third-order valence-electron chi connectivity index (χ3n) is 4.68. The van der Waals surface area contributed by atoms with Crippen LogP contribution < -0.4 is 10.1 Å². The number of hydrogen-bond donors (Lipinski definition) is 1. The predicted molar refractivity (Wildman–Crippen MR) is 126 cm³/mol. The average molecular weight is 488 g/mol. The number of carbonyl (C=O) groups is 2. The maximum absolute atomic E-state index is 12.9. The van der Waals surface area contributed by atoms with E-state index in [0.29, 0.717) is 17.7 Å². The SMILES string of the molecule is CCOC(=O)C(Cc1ccc(OC)c(CNC(=O)C(C)P(=O)(OCC)OCC)c1)OC(C)C. The first-order chi connectivity index (χ1) is 15.6. The molecule has 1 aromatic rings. The number of nitrogens with one attached hydrogen (secondary N) is 1. The van der Waals surface area contributed by atoms with E-state index in [9.17, 15) is 14.2 Å². The van der Waals surface area contributed by atoms with Gasteiger partial charge in [0.25, 0.3) is 0 Å². The van der Waals surface area contributed by atoms with E-state index in [1.54, 1.807) is 26.8 Å². The van der Waals surface area contributed by atoms with Crippen molar-refractivity contribution < 1.29 is 37.4 Å². The van der Waals surface area contributed by atoms with Gasteiger partial charge in [-0.2, -0.15) is 0 Å². The van der Waals surface area contributed by atoms with Gasteiger partial charge in [-0.1, -0.05) is 12.1 Å². The molecule has 188 valence electrons. The fraction of sp³-hybridized carbons (Fsp3) is 0.652. The normalized spacial score (nSPS) is 13.5. The van der Waals surface area contributed by atoms with E-state index in [1.165, 1.54) is 14.0 Å². The summed E-state index contributed by atoms with van der Waals surface area (Å²) in [6, 6.07) is 5.44. The Kier molecular flexibility index (Phi) is 12.7. The molecule has 33 heavy (non-hydrogen) atoms. The summed E-state index contributed by atoms with van der Waals surface area (Å²) < 4.78 is 39.7. The average Bonchev–Trinajstić information content (AvgIpc) is 2.76. The summed E-state index contributed by atoms with van der Waals surface area (Å²) in [7, 11) is -2.05. The van der Waals surface area contributed by atoms with Gasteiger partial charge in [0.05, 0.1) is 33.0 Å². The van der Waals surface area contributed by atoms with Crippen molar-refractivity contribution in [2.45, 2.75) is 72.4 Å². The lowest BCUT2D eigenvalue weighted by Crippen LogP contribution is -2.33. The summed E-state index contributed by atoms with van der Waals surface area (Å²) >= 11 is 0. The second-order valence-corrected chi connectivity index (χ2v) is 9.92. The quantitative estimate of drug-likeness (QED) is 0.293. The summed E-state index contributed by atoms with van der Waals surface area (Å²) in [6.07, 6.45) is -0.587. The van der Waals surface area contributed by atoms with Gasteiger partial charge in [0.15, 0.2) is 6.10 Å². The first kappa shape index (κ1) is 29.1. The topological polar surface area (TPSA) is 109 Å². The van der Waals surface area contributed by atoms with Crippen molar-refractivity contribution in [3.63, 3.8) is 0 Å². The van der Waals surface area contributed by atoms with Crippen molar-refractivity contribution >= 4 is 19.5 Å². The molecule has 0 saturated carbocycles. The largest absolute Gasteiger partial charge is 0.496 e. The van der Waals surface area contributed by atoms with Crippen LogP contribution in [0.25, 0.3) is 0 Å². The Labute approximate surface area is 197 Å². The van der Waals surface area contributed by atoms with Gasteiger partial charge in [0.1, 0.15) is 11.4 Å². The zero-order valence-corrected chi connectivity index (χ0v) is 21.6. The Balaban J connectivity index is 3.00. The van der Waals surface area contributed by atoms with Crippen molar-refractivity contribution in [3.05, 3.63) is 29.3 Å². The number of methoxy groups -OCH3 is 1. The van der Waals surface area contributed by atoms with Crippen molar-refractivity contribution in [2.75, 3.05) is 26.9 Å². The van der Waals surface area contributed by atoms with Crippen LogP contribution in [-0.4, -0.2) is 56.7 Å². The summed E-state index contributed by atoms with van der Waals surface area (Å²) in [5.41, 5.74) is 0.547.